The second-order valence-electron chi connectivity index (χ2n) is 4.21. The molecule has 0 amide bonds. The average molecular weight is 247 g/mol. The monoisotopic (exact) mass is 247 g/mol. The lowest BCUT2D eigenvalue weighted by Gasteiger charge is -2.14. The molecule has 1 atom stereocenters. The average Bonchev–Trinajstić information content (AvgIpc) is 2.39. The Labute approximate surface area is 105 Å². The summed E-state index contributed by atoms with van der Waals surface area (Å²) in [5.41, 5.74) is 1.18. The van der Waals surface area contributed by atoms with Crippen LogP contribution >= 0.6 is 0 Å². The maximum absolute atomic E-state index is 13.4. The van der Waals surface area contributed by atoms with Crippen LogP contribution in [0.15, 0.2) is 48.5 Å². The third-order valence-corrected chi connectivity index (χ3v) is 2.95. The van der Waals surface area contributed by atoms with Crippen LogP contribution in [0.3, 0.4) is 0 Å². The fraction of sp³-hybridized carbons (Fsp3) is 0.200. The van der Waals surface area contributed by atoms with Gasteiger partial charge in [-0.05, 0) is 24.6 Å². The van der Waals surface area contributed by atoms with E-state index in [-0.39, 0.29) is 18.2 Å². The molecule has 2 aromatic rings. The largest absolute Gasteiger partial charge is 0.306 e. The van der Waals surface area contributed by atoms with Gasteiger partial charge in [0.2, 0.25) is 0 Å². The van der Waals surface area contributed by atoms with Gasteiger partial charge in [0.15, 0.2) is 0 Å². The van der Waals surface area contributed by atoms with Crippen LogP contribution in [0.5, 0.6) is 0 Å². The molecule has 0 aromatic heterocycles. The van der Waals surface area contributed by atoms with Gasteiger partial charge in [-0.25, -0.2) is 8.78 Å². The van der Waals surface area contributed by atoms with Gasteiger partial charge in [0.05, 0.1) is 0 Å². The van der Waals surface area contributed by atoms with Crippen LogP contribution in [-0.2, 0) is 6.54 Å². The number of benzene rings is 2. The van der Waals surface area contributed by atoms with E-state index in [1.165, 1.54) is 18.2 Å². The van der Waals surface area contributed by atoms with E-state index in [0.717, 1.165) is 5.56 Å². The van der Waals surface area contributed by atoms with Gasteiger partial charge in [0.1, 0.15) is 11.6 Å². The molecule has 18 heavy (non-hydrogen) atoms. The molecule has 3 heteroatoms. The second kappa shape index (κ2) is 5.74. The highest BCUT2D eigenvalue weighted by molar-refractivity contribution is 5.21. The first-order valence-electron chi connectivity index (χ1n) is 5.89. The van der Waals surface area contributed by atoms with Crippen molar-refractivity contribution >= 4 is 0 Å². The summed E-state index contributed by atoms with van der Waals surface area (Å²) < 4.78 is 26.8. The predicted molar refractivity (Wildman–Crippen MR) is 68.1 cm³/mol. The molecule has 0 unspecified atom stereocenters. The summed E-state index contributed by atoms with van der Waals surface area (Å²) in [6.45, 7) is 2.14. The Bertz CT molecular complexity index is 491. The minimum Gasteiger partial charge on any atom is -0.306 e. The highest BCUT2D eigenvalue weighted by Crippen LogP contribution is 2.15. The van der Waals surface area contributed by atoms with Crippen molar-refractivity contribution in [3.8, 4) is 0 Å². The molecule has 0 saturated heterocycles. The van der Waals surface area contributed by atoms with Gasteiger partial charge >= 0.3 is 0 Å². The van der Waals surface area contributed by atoms with Crippen LogP contribution < -0.4 is 5.32 Å². The van der Waals surface area contributed by atoms with Gasteiger partial charge in [-0.15, -0.1) is 0 Å². The first-order valence-corrected chi connectivity index (χ1v) is 5.89. The molecular weight excluding hydrogens is 232 g/mol. The zero-order chi connectivity index (χ0) is 13.0. The Kier molecular flexibility index (Phi) is 4.05. The maximum Gasteiger partial charge on any atom is 0.130 e. The summed E-state index contributed by atoms with van der Waals surface area (Å²) in [6, 6.07) is 13.7. The van der Waals surface area contributed by atoms with E-state index in [9.17, 15) is 8.78 Å². The summed E-state index contributed by atoms with van der Waals surface area (Å²) in [7, 11) is 0. The summed E-state index contributed by atoms with van der Waals surface area (Å²) in [6.07, 6.45) is 0. The minimum absolute atomic E-state index is 0.0465. The number of hydrogen-bond donors (Lipinski definition) is 1. The Balaban J connectivity index is 2.04. The van der Waals surface area contributed by atoms with Crippen LogP contribution in [0.1, 0.15) is 24.1 Å². The molecule has 0 aliphatic heterocycles. The number of nitrogens with one attached hydrogen (secondary N) is 1. The van der Waals surface area contributed by atoms with E-state index in [1.807, 2.05) is 37.3 Å². The molecule has 2 aromatic carbocycles. The molecule has 0 fully saturated rings. The molecule has 0 radical (unpaired) electrons. The second-order valence-corrected chi connectivity index (χ2v) is 4.21. The van der Waals surface area contributed by atoms with Crippen LogP contribution in [0.2, 0.25) is 0 Å². The summed E-state index contributed by atoms with van der Waals surface area (Å²) in [4.78, 5) is 0. The topological polar surface area (TPSA) is 12.0 Å². The Hall–Kier alpha value is -1.74. The van der Waals surface area contributed by atoms with Crippen molar-refractivity contribution in [2.45, 2.75) is 19.5 Å². The van der Waals surface area contributed by atoms with E-state index >= 15 is 0 Å². The SMILES string of the molecule is C[C@H](NCc1c(F)cccc1F)c1ccccc1. The molecule has 0 heterocycles. The lowest BCUT2D eigenvalue weighted by Crippen LogP contribution is -2.19. The van der Waals surface area contributed by atoms with E-state index in [4.69, 9.17) is 0 Å². The zero-order valence-corrected chi connectivity index (χ0v) is 10.2. The summed E-state index contributed by atoms with van der Waals surface area (Å²) in [5.74, 6) is -1.02. The standard InChI is InChI=1S/C15H15F2N/c1-11(12-6-3-2-4-7-12)18-10-13-14(16)8-5-9-15(13)17/h2-9,11,18H,10H2,1H3/t11-/m0/s1. The molecule has 0 aliphatic rings. The van der Waals surface area contributed by atoms with Gasteiger partial charge in [0, 0.05) is 18.2 Å². The maximum atomic E-state index is 13.4. The van der Waals surface area contributed by atoms with Crippen LogP contribution in [0.25, 0.3) is 0 Å². The third kappa shape index (κ3) is 2.93. The smallest absolute Gasteiger partial charge is 0.130 e. The first-order chi connectivity index (χ1) is 8.68. The van der Waals surface area contributed by atoms with Crippen LogP contribution in [0, 0.1) is 11.6 Å². The minimum atomic E-state index is -0.511. The lowest BCUT2D eigenvalue weighted by molar-refractivity contribution is 0.509. The van der Waals surface area contributed by atoms with Gasteiger partial charge in [-0.2, -0.15) is 0 Å². The lowest BCUT2D eigenvalue weighted by atomic mass is 10.1. The van der Waals surface area contributed by atoms with Gasteiger partial charge < -0.3 is 5.32 Å². The van der Waals surface area contributed by atoms with E-state index in [1.54, 1.807) is 0 Å². The van der Waals surface area contributed by atoms with E-state index in [2.05, 4.69) is 5.32 Å². The molecule has 0 spiro atoms. The zero-order valence-electron chi connectivity index (χ0n) is 10.2. The van der Waals surface area contributed by atoms with E-state index in [0.29, 0.717) is 0 Å². The normalized spacial score (nSPS) is 12.4. The van der Waals surface area contributed by atoms with Gasteiger partial charge in [-0.3, -0.25) is 0 Å². The molecule has 1 N–H and O–H groups in total. The van der Waals surface area contributed by atoms with Crippen molar-refractivity contribution in [1.82, 2.24) is 5.32 Å². The molecule has 2 rings (SSSR count). The van der Waals surface area contributed by atoms with E-state index < -0.39 is 11.6 Å². The Morgan fingerprint density at radius 1 is 0.944 bits per heavy atom. The highest BCUT2D eigenvalue weighted by Gasteiger charge is 2.10. The van der Waals surface area contributed by atoms with Crippen molar-refractivity contribution in [3.05, 3.63) is 71.3 Å². The summed E-state index contributed by atoms with van der Waals surface area (Å²) in [5, 5.41) is 3.12. The highest BCUT2D eigenvalue weighted by atomic mass is 19.1. The molecule has 0 aliphatic carbocycles. The Morgan fingerprint density at radius 3 is 2.17 bits per heavy atom. The number of rotatable bonds is 4. The molecule has 1 nitrogen and oxygen atoms in total. The quantitative estimate of drug-likeness (QED) is 0.866. The molecule has 94 valence electrons. The fourth-order valence-corrected chi connectivity index (χ4v) is 1.82. The number of halogens is 2. The van der Waals surface area contributed by atoms with Crippen molar-refractivity contribution in [2.75, 3.05) is 0 Å². The number of hydrogen-bond acceptors (Lipinski definition) is 1. The predicted octanol–water partition coefficient (Wildman–Crippen LogP) is 3.82. The van der Waals surface area contributed by atoms with Crippen molar-refractivity contribution < 1.29 is 8.78 Å². The van der Waals surface area contributed by atoms with Crippen molar-refractivity contribution in [1.29, 1.82) is 0 Å². The molecule has 0 bridgehead atoms. The molecule has 0 saturated carbocycles. The van der Waals surface area contributed by atoms with Gasteiger partial charge in [-0.1, -0.05) is 36.4 Å². The van der Waals surface area contributed by atoms with Crippen molar-refractivity contribution in [2.24, 2.45) is 0 Å². The first kappa shape index (κ1) is 12.7. The van der Waals surface area contributed by atoms with Gasteiger partial charge in [0.25, 0.3) is 0 Å². The third-order valence-electron chi connectivity index (χ3n) is 2.95. The van der Waals surface area contributed by atoms with Crippen LogP contribution in [-0.4, -0.2) is 0 Å². The molecular formula is C15H15F2N. The summed E-state index contributed by atoms with van der Waals surface area (Å²) >= 11 is 0. The Morgan fingerprint density at radius 2 is 1.56 bits per heavy atom. The fourth-order valence-electron chi connectivity index (χ4n) is 1.82. The van der Waals surface area contributed by atoms with Crippen molar-refractivity contribution in [3.63, 3.8) is 0 Å². The van der Waals surface area contributed by atoms with Crippen LogP contribution in [0.4, 0.5) is 8.78 Å².